The molecule has 1 aromatic rings. The molecule has 0 bridgehead atoms. The van der Waals surface area contributed by atoms with Crippen molar-refractivity contribution in [2.75, 3.05) is 13.7 Å². The molecule has 42 heavy (non-hydrogen) atoms. The van der Waals surface area contributed by atoms with Crippen molar-refractivity contribution in [3.8, 4) is 0 Å². The summed E-state index contributed by atoms with van der Waals surface area (Å²) in [6.07, 6.45) is -9.47. The average molecular weight is 598 g/mol. The highest BCUT2D eigenvalue weighted by Crippen LogP contribution is 2.31. The molecular formula is C27H35NO14. The van der Waals surface area contributed by atoms with Crippen LogP contribution in [0, 0.1) is 0 Å². The maximum atomic E-state index is 12.6. The maximum Gasteiger partial charge on any atom is 0.408 e. The normalized spacial score (nSPS) is 22.9. The molecular weight excluding hydrogens is 562 g/mol. The number of carbonyl (C=O) groups is 6. The second-order valence-corrected chi connectivity index (χ2v) is 9.12. The standard InChI is InChI=1S/C27H35NO14/c1-14(21(25(33)35-6)28-27(34)37-12-19-10-8-7-9-11-19)38-26-24(41-18(5)32)23(40-17(4)31)22(39-16(3)30)20(42-26)13-36-15(2)29/h7-11,14,20-24,26H,12-13H2,1-6H3,(H,28,34)/t14-,20-,21+,22-,23+,24-,26-/m1/s1. The van der Waals surface area contributed by atoms with Crippen molar-refractivity contribution in [3.05, 3.63) is 35.9 Å². The second-order valence-electron chi connectivity index (χ2n) is 9.12. The van der Waals surface area contributed by atoms with E-state index in [0.29, 0.717) is 5.56 Å². The van der Waals surface area contributed by atoms with Crippen LogP contribution < -0.4 is 5.32 Å². The molecule has 1 aliphatic heterocycles. The average Bonchev–Trinajstić information content (AvgIpc) is 2.92. The summed E-state index contributed by atoms with van der Waals surface area (Å²) >= 11 is 0. The van der Waals surface area contributed by atoms with E-state index in [2.05, 4.69) is 5.32 Å². The third kappa shape index (κ3) is 10.6. The Labute approximate surface area is 242 Å². The van der Waals surface area contributed by atoms with E-state index in [1.807, 2.05) is 0 Å². The minimum Gasteiger partial charge on any atom is -0.467 e. The van der Waals surface area contributed by atoms with Gasteiger partial charge in [0.1, 0.15) is 19.3 Å². The maximum absolute atomic E-state index is 12.6. The largest absolute Gasteiger partial charge is 0.467 e. The first-order valence-corrected chi connectivity index (χ1v) is 12.8. The molecule has 0 aliphatic carbocycles. The van der Waals surface area contributed by atoms with Gasteiger partial charge in [-0.05, 0) is 12.5 Å². The van der Waals surface area contributed by atoms with E-state index in [0.717, 1.165) is 34.8 Å². The molecule has 0 saturated carbocycles. The van der Waals surface area contributed by atoms with Crippen LogP contribution in [0.2, 0.25) is 0 Å². The Balaban J connectivity index is 2.34. The molecule has 15 heteroatoms. The fourth-order valence-electron chi connectivity index (χ4n) is 3.98. The fourth-order valence-corrected chi connectivity index (χ4v) is 3.98. The number of nitrogens with one attached hydrogen (secondary N) is 1. The molecule has 1 aromatic carbocycles. The molecule has 0 radical (unpaired) electrons. The molecule has 0 unspecified atom stereocenters. The van der Waals surface area contributed by atoms with E-state index >= 15 is 0 Å². The molecule has 1 heterocycles. The van der Waals surface area contributed by atoms with Crippen LogP contribution in [0.4, 0.5) is 4.79 Å². The van der Waals surface area contributed by atoms with Crippen LogP contribution in [0.5, 0.6) is 0 Å². The zero-order valence-corrected chi connectivity index (χ0v) is 24.1. The van der Waals surface area contributed by atoms with Crippen molar-refractivity contribution >= 4 is 35.9 Å². The second kappa shape index (κ2) is 16.3. The summed E-state index contributed by atoms with van der Waals surface area (Å²) in [6.45, 7) is 5.18. The Bertz CT molecular complexity index is 1110. The van der Waals surface area contributed by atoms with Gasteiger partial charge in [0.25, 0.3) is 0 Å². The number of rotatable bonds is 12. The van der Waals surface area contributed by atoms with Crippen LogP contribution in [-0.2, 0) is 68.5 Å². The van der Waals surface area contributed by atoms with Crippen LogP contribution in [0.3, 0.4) is 0 Å². The monoisotopic (exact) mass is 597 g/mol. The molecule has 1 amide bonds. The number of ether oxygens (including phenoxy) is 8. The lowest BCUT2D eigenvalue weighted by atomic mass is 9.98. The summed E-state index contributed by atoms with van der Waals surface area (Å²) in [4.78, 5) is 72.6. The van der Waals surface area contributed by atoms with E-state index in [1.165, 1.54) is 6.92 Å². The molecule has 1 N–H and O–H groups in total. The van der Waals surface area contributed by atoms with Gasteiger partial charge >= 0.3 is 35.9 Å². The zero-order chi connectivity index (χ0) is 31.4. The quantitative estimate of drug-likeness (QED) is 0.265. The van der Waals surface area contributed by atoms with Crippen molar-refractivity contribution in [2.24, 2.45) is 0 Å². The third-order valence-corrected chi connectivity index (χ3v) is 5.71. The third-order valence-electron chi connectivity index (χ3n) is 5.71. The number of esters is 5. The van der Waals surface area contributed by atoms with Crippen LogP contribution >= 0.6 is 0 Å². The SMILES string of the molecule is COC(=O)[C@@H](NC(=O)OCc1ccccc1)[C@@H](C)O[C@@H]1O[C@H](COC(C)=O)[C@@H](OC(C)=O)[C@H](OC(C)=O)[C@H]1OC(C)=O. The summed E-state index contributed by atoms with van der Waals surface area (Å²) in [5, 5.41) is 2.36. The van der Waals surface area contributed by atoms with Gasteiger partial charge in [0.2, 0.25) is 0 Å². The molecule has 7 atom stereocenters. The number of amides is 1. The van der Waals surface area contributed by atoms with Crippen LogP contribution in [0.1, 0.15) is 40.2 Å². The highest BCUT2D eigenvalue weighted by Gasteiger charge is 2.53. The highest BCUT2D eigenvalue weighted by molar-refractivity contribution is 5.81. The van der Waals surface area contributed by atoms with Crippen molar-refractivity contribution < 1.29 is 66.7 Å². The summed E-state index contributed by atoms with van der Waals surface area (Å²) in [5.41, 5.74) is 0.698. The predicted octanol–water partition coefficient (Wildman–Crippen LogP) is 0.943. The van der Waals surface area contributed by atoms with Gasteiger partial charge in [-0.1, -0.05) is 30.3 Å². The Morgan fingerprint density at radius 3 is 1.93 bits per heavy atom. The minimum absolute atomic E-state index is 0.0878. The van der Waals surface area contributed by atoms with Crippen LogP contribution in [0.25, 0.3) is 0 Å². The van der Waals surface area contributed by atoms with Gasteiger partial charge in [-0.25, -0.2) is 9.59 Å². The lowest BCUT2D eigenvalue weighted by Crippen LogP contribution is -2.64. The van der Waals surface area contributed by atoms with Gasteiger partial charge in [-0.3, -0.25) is 19.2 Å². The summed E-state index contributed by atoms with van der Waals surface area (Å²) in [6, 6.07) is 7.34. The first-order chi connectivity index (χ1) is 19.8. The Morgan fingerprint density at radius 2 is 1.38 bits per heavy atom. The van der Waals surface area contributed by atoms with Crippen molar-refractivity contribution in [1.82, 2.24) is 5.32 Å². The molecule has 15 nitrogen and oxygen atoms in total. The first-order valence-electron chi connectivity index (χ1n) is 12.8. The molecule has 0 spiro atoms. The number of carbonyl (C=O) groups excluding carboxylic acids is 6. The van der Waals surface area contributed by atoms with E-state index in [-0.39, 0.29) is 6.61 Å². The Hall–Kier alpha value is -4.24. The Kier molecular flexibility index (Phi) is 13.2. The van der Waals surface area contributed by atoms with Crippen LogP contribution in [-0.4, -0.2) is 92.5 Å². The van der Waals surface area contributed by atoms with Crippen LogP contribution in [0.15, 0.2) is 30.3 Å². The molecule has 232 valence electrons. The number of benzene rings is 1. The van der Waals surface area contributed by atoms with Crippen molar-refractivity contribution in [3.63, 3.8) is 0 Å². The summed E-state index contributed by atoms with van der Waals surface area (Å²) in [7, 11) is 1.09. The van der Waals surface area contributed by atoms with Gasteiger partial charge in [0, 0.05) is 27.7 Å². The van der Waals surface area contributed by atoms with E-state index in [4.69, 9.17) is 37.9 Å². The Morgan fingerprint density at radius 1 is 0.810 bits per heavy atom. The fraction of sp³-hybridized carbons (Fsp3) is 0.556. The first kappa shape index (κ1) is 34.0. The summed E-state index contributed by atoms with van der Waals surface area (Å²) in [5.74, 6) is -4.07. The van der Waals surface area contributed by atoms with Crippen molar-refractivity contribution in [1.29, 1.82) is 0 Å². The molecule has 1 aliphatic rings. The van der Waals surface area contributed by atoms with Crippen molar-refractivity contribution in [2.45, 2.75) is 84.1 Å². The zero-order valence-electron chi connectivity index (χ0n) is 24.1. The van der Waals surface area contributed by atoms with Gasteiger partial charge in [-0.15, -0.1) is 0 Å². The smallest absolute Gasteiger partial charge is 0.408 e. The molecule has 1 fully saturated rings. The number of alkyl carbamates (subject to hydrolysis) is 1. The lowest BCUT2D eigenvalue weighted by Gasteiger charge is -2.44. The topological polar surface area (TPSA) is 188 Å². The van der Waals surface area contributed by atoms with E-state index in [1.54, 1.807) is 30.3 Å². The van der Waals surface area contributed by atoms with Gasteiger partial charge < -0.3 is 43.2 Å². The summed E-state index contributed by atoms with van der Waals surface area (Å²) < 4.78 is 42.8. The van der Waals surface area contributed by atoms with Gasteiger partial charge in [0.15, 0.2) is 30.6 Å². The molecule has 2 rings (SSSR count). The minimum atomic E-state index is -1.59. The predicted molar refractivity (Wildman–Crippen MR) is 138 cm³/mol. The lowest BCUT2D eigenvalue weighted by molar-refractivity contribution is -0.316. The number of hydrogen-bond acceptors (Lipinski definition) is 14. The number of hydrogen-bond donors (Lipinski definition) is 1. The van der Waals surface area contributed by atoms with E-state index in [9.17, 15) is 28.8 Å². The van der Waals surface area contributed by atoms with E-state index < -0.39 is 85.4 Å². The molecule has 1 saturated heterocycles. The van der Waals surface area contributed by atoms with Gasteiger partial charge in [-0.2, -0.15) is 0 Å². The van der Waals surface area contributed by atoms with Gasteiger partial charge in [0.05, 0.1) is 13.2 Å². The molecule has 0 aromatic heterocycles. The number of methoxy groups -OCH3 is 1. The highest BCUT2D eigenvalue weighted by atomic mass is 16.7.